The molecule has 134 valence electrons. The molecule has 1 fully saturated rings. The van der Waals surface area contributed by atoms with Gasteiger partial charge in [0.05, 0.1) is 18.8 Å². The SMILES string of the molecule is Cn1ccnc1C(=O)NCc1cn2c(n1)CN(C1CCOCC1)CC2. The van der Waals surface area contributed by atoms with Gasteiger partial charge in [0.15, 0.2) is 5.82 Å². The van der Waals surface area contributed by atoms with Crippen molar-refractivity contribution in [3.8, 4) is 0 Å². The lowest BCUT2D eigenvalue weighted by atomic mass is 10.1. The van der Waals surface area contributed by atoms with Crippen molar-refractivity contribution < 1.29 is 9.53 Å². The van der Waals surface area contributed by atoms with Gasteiger partial charge >= 0.3 is 0 Å². The maximum atomic E-state index is 12.2. The van der Waals surface area contributed by atoms with Gasteiger partial charge in [-0.2, -0.15) is 0 Å². The molecule has 1 saturated heterocycles. The van der Waals surface area contributed by atoms with Gasteiger partial charge in [0, 0.05) is 58.0 Å². The summed E-state index contributed by atoms with van der Waals surface area (Å²) in [6.45, 7) is 5.02. The number of aryl methyl sites for hydroxylation is 1. The lowest BCUT2D eigenvalue weighted by Gasteiger charge is -2.36. The summed E-state index contributed by atoms with van der Waals surface area (Å²) in [5.41, 5.74) is 0.895. The third kappa shape index (κ3) is 3.45. The molecule has 1 N–H and O–H groups in total. The number of imidazole rings is 2. The lowest BCUT2D eigenvalue weighted by molar-refractivity contribution is 0.0235. The molecular formula is C17H24N6O2. The largest absolute Gasteiger partial charge is 0.381 e. The summed E-state index contributed by atoms with van der Waals surface area (Å²) in [6.07, 6.45) is 7.64. The van der Waals surface area contributed by atoms with Crippen molar-refractivity contribution in [1.82, 2.24) is 29.3 Å². The van der Waals surface area contributed by atoms with Crippen molar-refractivity contribution in [1.29, 1.82) is 0 Å². The number of rotatable bonds is 4. The maximum absolute atomic E-state index is 12.2. The zero-order chi connectivity index (χ0) is 17.2. The molecule has 0 radical (unpaired) electrons. The fourth-order valence-electron chi connectivity index (χ4n) is 3.61. The molecule has 0 saturated carbocycles. The summed E-state index contributed by atoms with van der Waals surface area (Å²) < 4.78 is 9.38. The molecule has 0 aromatic carbocycles. The van der Waals surface area contributed by atoms with Crippen molar-refractivity contribution in [3.05, 3.63) is 35.9 Å². The molecule has 2 aromatic heterocycles. The van der Waals surface area contributed by atoms with Crippen LogP contribution in [0.15, 0.2) is 18.6 Å². The molecule has 0 aliphatic carbocycles. The number of nitrogens with zero attached hydrogens (tertiary/aromatic N) is 5. The Kier molecular flexibility index (Phi) is 4.54. The number of aromatic nitrogens is 4. The Morgan fingerprint density at radius 3 is 2.96 bits per heavy atom. The number of carbonyl (C=O) groups excluding carboxylic acids is 1. The van der Waals surface area contributed by atoms with Crippen LogP contribution < -0.4 is 5.32 Å². The highest BCUT2D eigenvalue weighted by Gasteiger charge is 2.26. The van der Waals surface area contributed by atoms with E-state index in [4.69, 9.17) is 9.72 Å². The van der Waals surface area contributed by atoms with Gasteiger partial charge in [0.2, 0.25) is 0 Å². The lowest BCUT2D eigenvalue weighted by Crippen LogP contribution is -2.43. The first-order valence-corrected chi connectivity index (χ1v) is 8.83. The van der Waals surface area contributed by atoms with E-state index in [2.05, 4.69) is 26.0 Å². The van der Waals surface area contributed by atoms with Crippen LogP contribution >= 0.6 is 0 Å². The zero-order valence-electron chi connectivity index (χ0n) is 14.5. The molecule has 2 aliphatic rings. The van der Waals surface area contributed by atoms with Crippen LogP contribution in [0.3, 0.4) is 0 Å². The van der Waals surface area contributed by atoms with Crippen LogP contribution in [0.5, 0.6) is 0 Å². The number of hydrogen-bond donors (Lipinski definition) is 1. The molecule has 1 amide bonds. The highest BCUT2D eigenvalue weighted by atomic mass is 16.5. The molecule has 8 heteroatoms. The monoisotopic (exact) mass is 344 g/mol. The molecule has 0 spiro atoms. The Labute approximate surface area is 146 Å². The van der Waals surface area contributed by atoms with Crippen LogP contribution in [0.2, 0.25) is 0 Å². The molecule has 0 unspecified atom stereocenters. The fraction of sp³-hybridized carbons (Fsp3) is 0.588. The van der Waals surface area contributed by atoms with Gasteiger partial charge in [-0.3, -0.25) is 9.69 Å². The van der Waals surface area contributed by atoms with E-state index in [1.807, 2.05) is 7.05 Å². The quantitative estimate of drug-likeness (QED) is 0.876. The molecule has 2 aromatic rings. The van der Waals surface area contributed by atoms with Crippen LogP contribution in [0.4, 0.5) is 0 Å². The van der Waals surface area contributed by atoms with E-state index in [1.54, 1.807) is 17.0 Å². The van der Waals surface area contributed by atoms with Gasteiger partial charge in [-0.25, -0.2) is 9.97 Å². The van der Waals surface area contributed by atoms with Gasteiger partial charge in [0.1, 0.15) is 5.82 Å². The summed E-state index contributed by atoms with van der Waals surface area (Å²) in [4.78, 5) is 23.5. The molecule has 4 rings (SSSR count). The molecular weight excluding hydrogens is 320 g/mol. The van der Waals surface area contributed by atoms with Gasteiger partial charge in [0.25, 0.3) is 5.91 Å². The van der Waals surface area contributed by atoms with E-state index in [9.17, 15) is 4.79 Å². The first-order chi connectivity index (χ1) is 12.2. The zero-order valence-corrected chi connectivity index (χ0v) is 14.5. The summed E-state index contributed by atoms with van der Waals surface area (Å²) in [5, 5.41) is 2.90. The first-order valence-electron chi connectivity index (χ1n) is 8.83. The Balaban J connectivity index is 1.37. The van der Waals surface area contributed by atoms with Crippen LogP contribution in [0.1, 0.15) is 35.0 Å². The predicted octanol–water partition coefficient (Wildman–Crippen LogP) is 0.541. The molecule has 2 aliphatic heterocycles. The number of amides is 1. The van der Waals surface area contributed by atoms with E-state index in [1.165, 1.54) is 0 Å². The molecule has 4 heterocycles. The van der Waals surface area contributed by atoms with E-state index < -0.39 is 0 Å². The molecule has 0 atom stereocenters. The van der Waals surface area contributed by atoms with Crippen LogP contribution in [-0.2, 0) is 31.4 Å². The van der Waals surface area contributed by atoms with Crippen molar-refractivity contribution >= 4 is 5.91 Å². The van der Waals surface area contributed by atoms with E-state index in [0.29, 0.717) is 18.4 Å². The highest BCUT2D eigenvalue weighted by molar-refractivity contribution is 5.90. The van der Waals surface area contributed by atoms with Gasteiger partial charge < -0.3 is 19.2 Å². The summed E-state index contributed by atoms with van der Waals surface area (Å²) in [7, 11) is 1.81. The number of nitrogens with one attached hydrogen (secondary N) is 1. The van der Waals surface area contributed by atoms with Crippen LogP contribution in [0.25, 0.3) is 0 Å². The normalized spacial score (nSPS) is 18.9. The molecule has 0 bridgehead atoms. The Bertz CT molecular complexity index is 746. The van der Waals surface area contributed by atoms with Crippen LogP contribution in [-0.4, -0.2) is 55.7 Å². The number of ether oxygens (including phenoxy) is 1. The second-order valence-corrected chi connectivity index (χ2v) is 6.70. The smallest absolute Gasteiger partial charge is 0.287 e. The minimum atomic E-state index is -0.178. The van der Waals surface area contributed by atoms with E-state index in [0.717, 1.165) is 57.2 Å². The standard InChI is InChI=1S/C17H24N6O2/c1-21-5-4-18-16(21)17(24)19-10-13-11-23-7-6-22(12-15(23)20-13)14-2-8-25-9-3-14/h4-5,11,14H,2-3,6-10,12H2,1H3,(H,19,24). The highest BCUT2D eigenvalue weighted by Crippen LogP contribution is 2.20. The minimum absolute atomic E-state index is 0.178. The minimum Gasteiger partial charge on any atom is -0.381 e. The van der Waals surface area contributed by atoms with Crippen LogP contribution in [0, 0.1) is 0 Å². The second-order valence-electron chi connectivity index (χ2n) is 6.70. The molecule has 25 heavy (non-hydrogen) atoms. The topological polar surface area (TPSA) is 77.2 Å². The van der Waals surface area contributed by atoms with Crippen molar-refractivity contribution in [2.24, 2.45) is 7.05 Å². The predicted molar refractivity (Wildman–Crippen MR) is 90.9 cm³/mol. The summed E-state index contributed by atoms with van der Waals surface area (Å²) >= 11 is 0. The first kappa shape index (κ1) is 16.3. The second kappa shape index (κ2) is 6.97. The summed E-state index contributed by atoms with van der Waals surface area (Å²) in [5.74, 6) is 1.32. The fourth-order valence-corrected chi connectivity index (χ4v) is 3.61. The van der Waals surface area contributed by atoms with E-state index >= 15 is 0 Å². The Morgan fingerprint density at radius 1 is 1.36 bits per heavy atom. The van der Waals surface area contributed by atoms with Gasteiger partial charge in [-0.1, -0.05) is 0 Å². The third-order valence-electron chi connectivity index (χ3n) is 5.04. The average molecular weight is 344 g/mol. The number of fused-ring (bicyclic) bond motifs is 1. The van der Waals surface area contributed by atoms with Gasteiger partial charge in [-0.15, -0.1) is 0 Å². The van der Waals surface area contributed by atoms with Crippen molar-refractivity contribution in [2.45, 2.75) is 38.5 Å². The Hall–Kier alpha value is -2.19. The average Bonchev–Trinajstić information content (AvgIpc) is 3.25. The summed E-state index contributed by atoms with van der Waals surface area (Å²) in [6, 6.07) is 0.603. The third-order valence-corrected chi connectivity index (χ3v) is 5.04. The van der Waals surface area contributed by atoms with E-state index in [-0.39, 0.29) is 5.91 Å². The maximum Gasteiger partial charge on any atom is 0.287 e. The Morgan fingerprint density at radius 2 is 2.20 bits per heavy atom. The van der Waals surface area contributed by atoms with Gasteiger partial charge in [-0.05, 0) is 12.8 Å². The number of hydrogen-bond acceptors (Lipinski definition) is 5. The molecule has 8 nitrogen and oxygen atoms in total. The van der Waals surface area contributed by atoms with Crippen molar-refractivity contribution in [3.63, 3.8) is 0 Å². The number of carbonyl (C=O) groups is 1. The van der Waals surface area contributed by atoms with Crippen molar-refractivity contribution in [2.75, 3.05) is 19.8 Å².